The van der Waals surface area contributed by atoms with E-state index in [9.17, 15) is 13.6 Å². The molecule has 3 fully saturated rings. The van der Waals surface area contributed by atoms with Crippen LogP contribution < -0.4 is 4.90 Å². The Kier molecular flexibility index (Phi) is 4.40. The van der Waals surface area contributed by atoms with Gasteiger partial charge in [0.2, 0.25) is 5.91 Å². The molecule has 1 atom stereocenters. The number of benzene rings is 1. The van der Waals surface area contributed by atoms with Crippen LogP contribution in [0.5, 0.6) is 0 Å². The number of hydrazine groups is 1. The monoisotopic (exact) mass is 410 g/mol. The average molecular weight is 410 g/mol. The zero-order valence-corrected chi connectivity index (χ0v) is 16.3. The van der Waals surface area contributed by atoms with Crippen LogP contribution >= 0.6 is 0 Å². The van der Waals surface area contributed by atoms with E-state index in [0.29, 0.717) is 56.8 Å². The standard InChI is InChI=1S/C21H20F2N6O/c22-15-9-14(10-16(23)11-15)18-3-6-28-13-21(20(30)29(18)28)4-7-27(8-5-21)19-2-1-17(12-24)25-26-19/h1-2,9-11,18H,3-8,13H2/t18-/m0/s1. The summed E-state index contributed by atoms with van der Waals surface area (Å²) in [6.07, 6.45) is 2.01. The smallest absolute Gasteiger partial charge is 0.245 e. The summed E-state index contributed by atoms with van der Waals surface area (Å²) >= 11 is 0. The van der Waals surface area contributed by atoms with Crippen molar-refractivity contribution in [2.75, 3.05) is 31.1 Å². The summed E-state index contributed by atoms with van der Waals surface area (Å²) in [5, 5.41) is 20.6. The fourth-order valence-electron chi connectivity index (χ4n) is 4.95. The van der Waals surface area contributed by atoms with Crippen molar-refractivity contribution in [1.29, 1.82) is 5.26 Å². The lowest BCUT2D eigenvalue weighted by atomic mass is 9.77. The molecule has 1 aromatic heterocycles. The largest absolute Gasteiger partial charge is 0.355 e. The first-order valence-corrected chi connectivity index (χ1v) is 10.0. The van der Waals surface area contributed by atoms with E-state index in [0.717, 1.165) is 6.07 Å². The van der Waals surface area contributed by atoms with Gasteiger partial charge in [-0.1, -0.05) is 0 Å². The Labute approximate surface area is 172 Å². The van der Waals surface area contributed by atoms with Gasteiger partial charge in [-0.15, -0.1) is 10.2 Å². The molecule has 9 heteroatoms. The molecular weight excluding hydrogens is 390 g/mol. The summed E-state index contributed by atoms with van der Waals surface area (Å²) in [6.45, 7) is 2.65. The van der Waals surface area contributed by atoms with Gasteiger partial charge in [-0.2, -0.15) is 5.26 Å². The lowest BCUT2D eigenvalue weighted by Gasteiger charge is -2.38. The number of halogens is 2. The maximum atomic E-state index is 13.7. The Balaban J connectivity index is 1.33. The van der Waals surface area contributed by atoms with Gasteiger partial charge in [0.1, 0.15) is 17.7 Å². The molecule has 1 spiro atoms. The lowest BCUT2D eigenvalue weighted by Crippen LogP contribution is -2.46. The van der Waals surface area contributed by atoms with Gasteiger partial charge < -0.3 is 4.90 Å². The molecule has 7 nitrogen and oxygen atoms in total. The molecular formula is C21H20F2N6O. The van der Waals surface area contributed by atoms with Crippen molar-refractivity contribution in [3.05, 3.63) is 53.2 Å². The van der Waals surface area contributed by atoms with Crippen LogP contribution in [0.15, 0.2) is 30.3 Å². The van der Waals surface area contributed by atoms with Gasteiger partial charge in [-0.05, 0) is 49.1 Å². The minimum absolute atomic E-state index is 0.0419. The normalized spacial score (nSPS) is 23.1. The molecule has 2 aromatic rings. The molecule has 3 saturated heterocycles. The molecule has 0 N–H and O–H groups in total. The number of amides is 1. The van der Waals surface area contributed by atoms with Gasteiger partial charge in [0.05, 0.1) is 11.5 Å². The second kappa shape index (κ2) is 6.99. The Morgan fingerprint density at radius 2 is 1.80 bits per heavy atom. The Bertz CT molecular complexity index is 1010. The molecule has 3 aliphatic heterocycles. The number of nitrogens with zero attached hydrogens (tertiary/aromatic N) is 6. The van der Waals surface area contributed by atoms with Crippen molar-refractivity contribution in [2.45, 2.75) is 25.3 Å². The predicted octanol–water partition coefficient (Wildman–Crippen LogP) is 2.42. The van der Waals surface area contributed by atoms with Gasteiger partial charge in [0.25, 0.3) is 0 Å². The van der Waals surface area contributed by atoms with E-state index in [2.05, 4.69) is 15.1 Å². The van der Waals surface area contributed by atoms with Crippen LogP contribution in [0.2, 0.25) is 0 Å². The van der Waals surface area contributed by atoms with Crippen LogP contribution in [0.3, 0.4) is 0 Å². The van der Waals surface area contributed by atoms with Crippen molar-refractivity contribution in [1.82, 2.24) is 20.2 Å². The maximum absolute atomic E-state index is 13.7. The van der Waals surface area contributed by atoms with Crippen molar-refractivity contribution in [3.8, 4) is 6.07 Å². The Hall–Kier alpha value is -3.12. The van der Waals surface area contributed by atoms with E-state index in [-0.39, 0.29) is 17.6 Å². The fraction of sp³-hybridized carbons (Fsp3) is 0.429. The number of aromatic nitrogens is 2. The molecule has 0 aliphatic carbocycles. The molecule has 3 aliphatic rings. The number of rotatable bonds is 2. The summed E-state index contributed by atoms with van der Waals surface area (Å²) in [6, 6.07) is 8.53. The van der Waals surface area contributed by atoms with Crippen molar-refractivity contribution in [3.63, 3.8) is 0 Å². The highest BCUT2D eigenvalue weighted by Gasteiger charge is 2.56. The van der Waals surface area contributed by atoms with E-state index >= 15 is 0 Å². The SMILES string of the molecule is N#Cc1ccc(N2CCC3(CC2)CN2CC[C@@H](c4cc(F)cc(F)c4)N2C3=O)nn1. The molecule has 1 amide bonds. The zero-order chi connectivity index (χ0) is 20.9. The second-order valence-corrected chi connectivity index (χ2v) is 8.20. The van der Waals surface area contributed by atoms with Crippen LogP contribution in [0.4, 0.5) is 14.6 Å². The third-order valence-electron chi connectivity index (χ3n) is 6.49. The fourth-order valence-corrected chi connectivity index (χ4v) is 4.95. The minimum Gasteiger partial charge on any atom is -0.355 e. The lowest BCUT2D eigenvalue weighted by molar-refractivity contribution is -0.143. The molecule has 4 heterocycles. The van der Waals surface area contributed by atoms with Crippen molar-refractivity contribution >= 4 is 11.7 Å². The Morgan fingerprint density at radius 3 is 2.43 bits per heavy atom. The second-order valence-electron chi connectivity index (χ2n) is 8.20. The molecule has 154 valence electrons. The summed E-state index contributed by atoms with van der Waals surface area (Å²) < 4.78 is 27.5. The van der Waals surface area contributed by atoms with E-state index in [1.807, 2.05) is 11.1 Å². The van der Waals surface area contributed by atoms with E-state index in [1.54, 1.807) is 17.1 Å². The highest BCUT2D eigenvalue weighted by molar-refractivity contribution is 5.85. The van der Waals surface area contributed by atoms with Crippen molar-refractivity contribution < 1.29 is 13.6 Å². The highest BCUT2D eigenvalue weighted by Crippen LogP contribution is 2.47. The first kappa shape index (κ1) is 18.9. The van der Waals surface area contributed by atoms with Gasteiger partial charge in [-0.3, -0.25) is 9.80 Å². The van der Waals surface area contributed by atoms with Crippen LogP contribution in [-0.4, -0.2) is 52.3 Å². The summed E-state index contributed by atoms with van der Waals surface area (Å²) in [5.41, 5.74) is 0.290. The van der Waals surface area contributed by atoms with Crippen molar-refractivity contribution in [2.24, 2.45) is 5.41 Å². The number of fused-ring (bicyclic) bond motifs is 1. The van der Waals surface area contributed by atoms with E-state index in [1.165, 1.54) is 12.1 Å². The molecule has 0 saturated carbocycles. The molecule has 5 rings (SSSR count). The third kappa shape index (κ3) is 2.99. The third-order valence-corrected chi connectivity index (χ3v) is 6.49. The summed E-state index contributed by atoms with van der Waals surface area (Å²) in [7, 11) is 0. The number of hydrogen-bond donors (Lipinski definition) is 0. The van der Waals surface area contributed by atoms with Crippen LogP contribution in [-0.2, 0) is 4.79 Å². The van der Waals surface area contributed by atoms with E-state index < -0.39 is 17.0 Å². The van der Waals surface area contributed by atoms with E-state index in [4.69, 9.17) is 5.26 Å². The quantitative estimate of drug-likeness (QED) is 0.757. The molecule has 0 bridgehead atoms. The average Bonchev–Trinajstić information content (AvgIpc) is 3.26. The molecule has 0 radical (unpaired) electrons. The number of piperidine rings is 1. The first-order chi connectivity index (χ1) is 14.5. The number of nitriles is 1. The van der Waals surface area contributed by atoms with Gasteiger partial charge in [0, 0.05) is 32.2 Å². The van der Waals surface area contributed by atoms with Crippen LogP contribution in [0.1, 0.15) is 36.6 Å². The summed E-state index contributed by atoms with van der Waals surface area (Å²) in [4.78, 5) is 15.5. The molecule has 0 unspecified atom stereocenters. The molecule has 1 aromatic carbocycles. The topological polar surface area (TPSA) is 76.4 Å². The Morgan fingerprint density at radius 1 is 1.07 bits per heavy atom. The predicted molar refractivity (Wildman–Crippen MR) is 103 cm³/mol. The highest BCUT2D eigenvalue weighted by atomic mass is 19.1. The number of carbonyl (C=O) groups excluding carboxylic acids is 1. The van der Waals surface area contributed by atoms with Crippen LogP contribution in [0, 0.1) is 28.4 Å². The van der Waals surface area contributed by atoms with Crippen LogP contribution in [0.25, 0.3) is 0 Å². The number of hydrogen-bond acceptors (Lipinski definition) is 6. The summed E-state index contributed by atoms with van der Waals surface area (Å²) in [5.74, 6) is -0.508. The minimum atomic E-state index is -0.623. The zero-order valence-electron chi connectivity index (χ0n) is 16.3. The van der Waals surface area contributed by atoms with Gasteiger partial charge in [0.15, 0.2) is 11.5 Å². The number of carbonyl (C=O) groups is 1. The maximum Gasteiger partial charge on any atom is 0.245 e. The van der Waals surface area contributed by atoms with Gasteiger partial charge in [-0.25, -0.2) is 13.8 Å². The number of anilines is 1. The molecule has 30 heavy (non-hydrogen) atoms. The first-order valence-electron chi connectivity index (χ1n) is 10.0. The van der Waals surface area contributed by atoms with Gasteiger partial charge >= 0.3 is 0 Å².